The van der Waals surface area contributed by atoms with Crippen molar-refractivity contribution in [2.75, 3.05) is 20.1 Å². The van der Waals surface area contributed by atoms with E-state index in [0.29, 0.717) is 18.8 Å². The highest BCUT2D eigenvalue weighted by atomic mass is 127. The van der Waals surface area contributed by atoms with Crippen molar-refractivity contribution in [3.8, 4) is 0 Å². The van der Waals surface area contributed by atoms with Gasteiger partial charge >= 0.3 is 0 Å². The Kier molecular flexibility index (Phi) is 8.27. The van der Waals surface area contributed by atoms with Crippen LogP contribution in [0.3, 0.4) is 0 Å². The molecule has 0 aliphatic carbocycles. The molecule has 9 nitrogen and oxygen atoms in total. The largest absolute Gasteiger partial charge is 0.459 e. The van der Waals surface area contributed by atoms with Crippen molar-refractivity contribution in [2.24, 2.45) is 4.99 Å². The Hall–Kier alpha value is -2.11. The summed E-state index contributed by atoms with van der Waals surface area (Å²) in [5.74, 6) is 2.67. The van der Waals surface area contributed by atoms with E-state index in [9.17, 15) is 4.79 Å². The molecule has 0 saturated carbocycles. The number of amides is 1. The summed E-state index contributed by atoms with van der Waals surface area (Å²) in [6, 6.07) is 1.88. The number of nitrogens with zero attached hydrogens (tertiary/aromatic N) is 4. The molecule has 0 saturated heterocycles. The molecular formula is C18H28IN7O2. The fraction of sp³-hybridized carbons (Fsp3) is 0.556. The highest BCUT2D eigenvalue weighted by molar-refractivity contribution is 14.0. The van der Waals surface area contributed by atoms with Crippen LogP contribution in [0.5, 0.6) is 0 Å². The standard InChI is InChI=1S/C18H27N7O2.HI/c1-12-7-11-27-15(12)17(26)20-8-5-9-21-18(19-3)23-14-6-4-10-25-16(14)22-13(2)24-25;/h7,11,14H,4-6,8-10H2,1-3H3,(H,20,26)(H2,19,21,23);1H. The summed E-state index contributed by atoms with van der Waals surface area (Å²) < 4.78 is 7.15. The van der Waals surface area contributed by atoms with Gasteiger partial charge in [-0.3, -0.25) is 9.79 Å². The Bertz CT molecular complexity index is 815. The van der Waals surface area contributed by atoms with E-state index < -0.39 is 0 Å². The van der Waals surface area contributed by atoms with E-state index in [2.05, 4.69) is 31.0 Å². The third-order valence-electron chi connectivity index (χ3n) is 4.52. The fourth-order valence-electron chi connectivity index (χ4n) is 3.15. The van der Waals surface area contributed by atoms with Gasteiger partial charge in [-0.15, -0.1) is 24.0 Å². The molecule has 3 heterocycles. The number of furan rings is 1. The maximum atomic E-state index is 12.0. The van der Waals surface area contributed by atoms with Crippen LogP contribution in [0.15, 0.2) is 21.7 Å². The van der Waals surface area contributed by atoms with Crippen LogP contribution in [0, 0.1) is 13.8 Å². The minimum atomic E-state index is -0.183. The number of carbonyl (C=O) groups excluding carboxylic acids is 1. The van der Waals surface area contributed by atoms with Crippen LogP contribution < -0.4 is 16.0 Å². The summed E-state index contributed by atoms with van der Waals surface area (Å²) in [7, 11) is 1.75. The molecule has 0 aromatic carbocycles. The van der Waals surface area contributed by atoms with Crippen LogP contribution in [-0.2, 0) is 6.54 Å². The van der Waals surface area contributed by atoms with Gasteiger partial charge in [-0.25, -0.2) is 9.67 Å². The monoisotopic (exact) mass is 501 g/mol. The number of aliphatic imine (C=N–C) groups is 1. The van der Waals surface area contributed by atoms with E-state index in [-0.39, 0.29) is 35.9 Å². The van der Waals surface area contributed by atoms with Gasteiger partial charge in [-0.05, 0) is 39.2 Å². The molecule has 0 spiro atoms. The third kappa shape index (κ3) is 5.46. The Morgan fingerprint density at radius 3 is 2.86 bits per heavy atom. The summed E-state index contributed by atoms with van der Waals surface area (Å²) >= 11 is 0. The van der Waals surface area contributed by atoms with Gasteiger partial charge < -0.3 is 20.4 Å². The zero-order valence-corrected chi connectivity index (χ0v) is 18.8. The molecule has 3 rings (SSSR count). The van der Waals surface area contributed by atoms with E-state index in [0.717, 1.165) is 49.0 Å². The first-order valence-corrected chi connectivity index (χ1v) is 9.29. The van der Waals surface area contributed by atoms with Crippen molar-refractivity contribution >= 4 is 35.8 Å². The number of aromatic nitrogens is 3. The molecule has 1 aliphatic heterocycles. The quantitative estimate of drug-likeness (QED) is 0.242. The predicted molar refractivity (Wildman–Crippen MR) is 117 cm³/mol. The maximum Gasteiger partial charge on any atom is 0.287 e. The number of rotatable bonds is 6. The van der Waals surface area contributed by atoms with E-state index >= 15 is 0 Å². The van der Waals surface area contributed by atoms with Crippen LogP contribution in [0.25, 0.3) is 0 Å². The molecule has 2 aromatic rings. The summed E-state index contributed by atoms with van der Waals surface area (Å²) in [5.41, 5.74) is 0.839. The number of carbonyl (C=O) groups is 1. The topological polar surface area (TPSA) is 109 Å². The lowest BCUT2D eigenvalue weighted by molar-refractivity contribution is 0.0925. The molecule has 3 N–H and O–H groups in total. The van der Waals surface area contributed by atoms with E-state index in [4.69, 9.17) is 4.42 Å². The van der Waals surface area contributed by atoms with Gasteiger partial charge in [0.15, 0.2) is 11.7 Å². The molecule has 2 aromatic heterocycles. The average Bonchev–Trinajstić information content (AvgIpc) is 3.25. The summed E-state index contributed by atoms with van der Waals surface area (Å²) in [6.45, 7) is 5.92. The van der Waals surface area contributed by atoms with Crippen LogP contribution >= 0.6 is 24.0 Å². The summed E-state index contributed by atoms with van der Waals surface area (Å²) in [5, 5.41) is 14.0. The SMILES string of the molecule is CN=C(NCCCNC(=O)c1occc1C)NC1CCCn2nc(C)nc21.I. The summed E-state index contributed by atoms with van der Waals surface area (Å²) in [4.78, 5) is 20.8. The molecular weight excluding hydrogens is 473 g/mol. The Morgan fingerprint density at radius 1 is 1.36 bits per heavy atom. The van der Waals surface area contributed by atoms with Gasteiger partial charge in [0, 0.05) is 32.2 Å². The van der Waals surface area contributed by atoms with Crippen molar-refractivity contribution in [3.63, 3.8) is 0 Å². The molecule has 1 aliphatic rings. The smallest absolute Gasteiger partial charge is 0.287 e. The molecule has 1 unspecified atom stereocenters. The minimum Gasteiger partial charge on any atom is -0.459 e. The van der Waals surface area contributed by atoms with Crippen molar-refractivity contribution in [1.29, 1.82) is 0 Å². The minimum absolute atomic E-state index is 0. The number of hydrogen-bond acceptors (Lipinski definition) is 5. The lowest BCUT2D eigenvalue weighted by atomic mass is 10.1. The van der Waals surface area contributed by atoms with Crippen molar-refractivity contribution in [1.82, 2.24) is 30.7 Å². The number of nitrogens with one attached hydrogen (secondary N) is 3. The van der Waals surface area contributed by atoms with Gasteiger partial charge in [0.05, 0.1) is 12.3 Å². The average molecular weight is 501 g/mol. The Morgan fingerprint density at radius 2 is 2.14 bits per heavy atom. The molecule has 10 heteroatoms. The van der Waals surface area contributed by atoms with Crippen molar-refractivity contribution in [2.45, 2.75) is 45.7 Å². The second kappa shape index (κ2) is 10.4. The van der Waals surface area contributed by atoms with Gasteiger partial charge in [0.1, 0.15) is 11.6 Å². The van der Waals surface area contributed by atoms with Crippen LogP contribution in [0.4, 0.5) is 0 Å². The maximum absolute atomic E-state index is 12.0. The highest BCUT2D eigenvalue weighted by Gasteiger charge is 2.24. The second-order valence-electron chi connectivity index (χ2n) is 6.62. The Balaban J connectivity index is 0.00000280. The number of guanidine groups is 1. The third-order valence-corrected chi connectivity index (χ3v) is 4.52. The number of fused-ring (bicyclic) bond motifs is 1. The van der Waals surface area contributed by atoms with Gasteiger partial charge in [0.2, 0.25) is 0 Å². The first kappa shape index (κ1) is 22.2. The van der Waals surface area contributed by atoms with E-state index in [1.165, 1.54) is 6.26 Å². The highest BCUT2D eigenvalue weighted by Crippen LogP contribution is 2.22. The first-order chi connectivity index (χ1) is 13.1. The zero-order valence-electron chi connectivity index (χ0n) is 16.5. The van der Waals surface area contributed by atoms with Gasteiger partial charge in [-0.1, -0.05) is 0 Å². The van der Waals surface area contributed by atoms with Crippen molar-refractivity contribution in [3.05, 3.63) is 35.3 Å². The van der Waals surface area contributed by atoms with Gasteiger partial charge in [-0.2, -0.15) is 5.10 Å². The lowest BCUT2D eigenvalue weighted by Crippen LogP contribution is -2.42. The Labute approximate surface area is 181 Å². The molecule has 0 radical (unpaired) electrons. The zero-order chi connectivity index (χ0) is 19.2. The number of hydrogen-bond donors (Lipinski definition) is 3. The lowest BCUT2D eigenvalue weighted by Gasteiger charge is -2.25. The number of halogens is 1. The first-order valence-electron chi connectivity index (χ1n) is 9.29. The molecule has 1 atom stereocenters. The predicted octanol–water partition coefficient (Wildman–Crippen LogP) is 1.93. The second-order valence-corrected chi connectivity index (χ2v) is 6.62. The molecule has 28 heavy (non-hydrogen) atoms. The summed E-state index contributed by atoms with van der Waals surface area (Å²) in [6.07, 6.45) is 4.35. The number of aryl methyl sites for hydroxylation is 3. The molecule has 0 bridgehead atoms. The molecule has 154 valence electrons. The molecule has 0 fully saturated rings. The van der Waals surface area contributed by atoms with Crippen LogP contribution in [0.2, 0.25) is 0 Å². The van der Waals surface area contributed by atoms with E-state index in [1.54, 1.807) is 13.1 Å². The van der Waals surface area contributed by atoms with Gasteiger partial charge in [0.25, 0.3) is 5.91 Å². The van der Waals surface area contributed by atoms with E-state index in [1.807, 2.05) is 18.5 Å². The molecule has 1 amide bonds. The van der Waals surface area contributed by atoms with Crippen LogP contribution in [-0.4, -0.2) is 46.8 Å². The van der Waals surface area contributed by atoms with Crippen LogP contribution in [0.1, 0.15) is 53.1 Å². The normalized spacial score (nSPS) is 16.1. The fourth-order valence-corrected chi connectivity index (χ4v) is 3.15. The van der Waals surface area contributed by atoms with Crippen molar-refractivity contribution < 1.29 is 9.21 Å².